The van der Waals surface area contributed by atoms with E-state index in [-0.39, 0.29) is 6.04 Å². The number of rotatable bonds is 3. The maximum atomic E-state index is 5.98. The summed E-state index contributed by atoms with van der Waals surface area (Å²) in [5.41, 5.74) is 5.13. The molecular weight excluding hydrogens is 326 g/mol. The second-order valence-electron chi connectivity index (χ2n) is 5.51. The highest BCUT2D eigenvalue weighted by Gasteiger charge is 2.22. The first kappa shape index (κ1) is 14.6. The van der Waals surface area contributed by atoms with Gasteiger partial charge in [-0.25, -0.2) is 0 Å². The molecule has 3 heteroatoms. The molecule has 0 aliphatic carbocycles. The predicted octanol–water partition coefficient (Wildman–Crippen LogP) is 4.39. The van der Waals surface area contributed by atoms with Crippen LogP contribution in [0.3, 0.4) is 0 Å². The third-order valence-corrected chi connectivity index (χ3v) is 4.61. The molecule has 1 atom stereocenters. The van der Waals surface area contributed by atoms with Crippen molar-refractivity contribution in [3.8, 4) is 5.75 Å². The molecule has 3 rings (SSSR count). The van der Waals surface area contributed by atoms with Crippen LogP contribution in [0.25, 0.3) is 0 Å². The van der Waals surface area contributed by atoms with Gasteiger partial charge in [0.2, 0.25) is 0 Å². The molecule has 0 bridgehead atoms. The van der Waals surface area contributed by atoms with Crippen LogP contribution in [-0.4, -0.2) is 13.7 Å². The molecule has 0 aromatic heterocycles. The summed E-state index contributed by atoms with van der Waals surface area (Å²) in [5.74, 6) is 1.07. The third kappa shape index (κ3) is 2.85. The lowest BCUT2D eigenvalue weighted by atomic mass is 9.91. The summed E-state index contributed by atoms with van der Waals surface area (Å²) < 4.78 is 7.08. The first-order valence-electron chi connectivity index (χ1n) is 7.38. The van der Waals surface area contributed by atoms with E-state index in [4.69, 9.17) is 4.74 Å². The molecule has 0 amide bonds. The van der Waals surface area contributed by atoms with Gasteiger partial charge in [-0.2, -0.15) is 0 Å². The number of aryl methyl sites for hydroxylation is 2. The fourth-order valence-electron chi connectivity index (χ4n) is 3.04. The largest absolute Gasteiger partial charge is 0.493 e. The molecule has 0 saturated heterocycles. The van der Waals surface area contributed by atoms with Gasteiger partial charge in [-0.05, 0) is 55.6 Å². The van der Waals surface area contributed by atoms with E-state index in [1.165, 1.54) is 22.3 Å². The number of hydrogen-bond donors (Lipinski definition) is 1. The molecule has 21 heavy (non-hydrogen) atoms. The monoisotopic (exact) mass is 345 g/mol. The van der Waals surface area contributed by atoms with Gasteiger partial charge < -0.3 is 10.1 Å². The SMILES string of the molecule is CNC(c1cc(Br)ccc1C)c1cccc2c1OCCC2. The highest BCUT2D eigenvalue weighted by molar-refractivity contribution is 9.10. The van der Waals surface area contributed by atoms with Gasteiger partial charge in [0.25, 0.3) is 0 Å². The Kier molecular flexibility index (Phi) is 4.32. The summed E-state index contributed by atoms with van der Waals surface area (Å²) in [7, 11) is 2.01. The Morgan fingerprint density at radius 3 is 2.86 bits per heavy atom. The zero-order chi connectivity index (χ0) is 14.8. The number of ether oxygens (including phenoxy) is 1. The summed E-state index contributed by atoms with van der Waals surface area (Å²) in [5, 5.41) is 3.45. The average Bonchev–Trinajstić information content (AvgIpc) is 2.51. The van der Waals surface area contributed by atoms with Crippen LogP contribution in [0.15, 0.2) is 40.9 Å². The van der Waals surface area contributed by atoms with Gasteiger partial charge in [0, 0.05) is 10.0 Å². The summed E-state index contributed by atoms with van der Waals surface area (Å²) in [6, 6.07) is 13.1. The number of hydrogen-bond acceptors (Lipinski definition) is 2. The van der Waals surface area contributed by atoms with E-state index in [0.717, 1.165) is 29.7 Å². The third-order valence-electron chi connectivity index (χ3n) is 4.12. The number of nitrogens with one attached hydrogen (secondary N) is 1. The number of fused-ring (bicyclic) bond motifs is 1. The predicted molar refractivity (Wildman–Crippen MR) is 90.0 cm³/mol. The molecule has 1 unspecified atom stereocenters. The van der Waals surface area contributed by atoms with Crippen molar-refractivity contribution in [1.29, 1.82) is 0 Å². The van der Waals surface area contributed by atoms with E-state index in [0.29, 0.717) is 0 Å². The Labute approximate surface area is 134 Å². The first-order valence-corrected chi connectivity index (χ1v) is 8.18. The molecule has 1 heterocycles. The van der Waals surface area contributed by atoms with Crippen LogP contribution in [0.5, 0.6) is 5.75 Å². The highest BCUT2D eigenvalue weighted by Crippen LogP contribution is 2.37. The maximum Gasteiger partial charge on any atom is 0.127 e. The summed E-state index contributed by atoms with van der Waals surface area (Å²) in [4.78, 5) is 0. The molecule has 0 radical (unpaired) electrons. The molecule has 2 aromatic rings. The quantitative estimate of drug-likeness (QED) is 0.890. The minimum absolute atomic E-state index is 0.149. The zero-order valence-electron chi connectivity index (χ0n) is 12.4. The summed E-state index contributed by atoms with van der Waals surface area (Å²) >= 11 is 3.58. The molecule has 0 fully saturated rings. The van der Waals surface area contributed by atoms with E-state index in [9.17, 15) is 0 Å². The second kappa shape index (κ2) is 6.20. The first-order chi connectivity index (χ1) is 10.2. The molecule has 2 nitrogen and oxygen atoms in total. The Morgan fingerprint density at radius 1 is 1.19 bits per heavy atom. The lowest BCUT2D eigenvalue weighted by Gasteiger charge is -2.26. The minimum atomic E-state index is 0.149. The molecule has 0 spiro atoms. The van der Waals surface area contributed by atoms with Gasteiger partial charge in [0.1, 0.15) is 5.75 Å². The molecule has 1 aliphatic rings. The standard InChI is InChI=1S/C18H20BrNO/c1-12-8-9-14(19)11-16(12)17(20-2)15-7-3-5-13-6-4-10-21-18(13)15/h3,5,7-9,11,17,20H,4,6,10H2,1-2H3. The molecule has 0 saturated carbocycles. The number of halogens is 1. The van der Waals surface area contributed by atoms with E-state index in [1.54, 1.807) is 0 Å². The maximum absolute atomic E-state index is 5.98. The minimum Gasteiger partial charge on any atom is -0.493 e. The molecule has 1 aliphatic heterocycles. The van der Waals surface area contributed by atoms with Crippen LogP contribution >= 0.6 is 15.9 Å². The van der Waals surface area contributed by atoms with Crippen molar-refractivity contribution < 1.29 is 4.74 Å². The van der Waals surface area contributed by atoms with E-state index in [2.05, 4.69) is 64.6 Å². The van der Waals surface area contributed by atoms with Crippen LogP contribution in [0, 0.1) is 6.92 Å². The Bertz CT molecular complexity index is 654. The van der Waals surface area contributed by atoms with Gasteiger partial charge in [-0.15, -0.1) is 0 Å². The van der Waals surface area contributed by atoms with Gasteiger partial charge >= 0.3 is 0 Å². The average molecular weight is 346 g/mol. The molecule has 1 N–H and O–H groups in total. The fourth-order valence-corrected chi connectivity index (χ4v) is 3.42. The lowest BCUT2D eigenvalue weighted by Crippen LogP contribution is -2.21. The molecule has 2 aromatic carbocycles. The van der Waals surface area contributed by atoms with E-state index >= 15 is 0 Å². The van der Waals surface area contributed by atoms with Crippen molar-refractivity contribution >= 4 is 15.9 Å². The van der Waals surface area contributed by atoms with Crippen LogP contribution in [0.1, 0.15) is 34.7 Å². The van der Waals surface area contributed by atoms with Crippen molar-refractivity contribution in [3.05, 3.63) is 63.1 Å². The zero-order valence-corrected chi connectivity index (χ0v) is 14.0. The Hall–Kier alpha value is -1.32. The van der Waals surface area contributed by atoms with Gasteiger partial charge in [-0.1, -0.05) is 40.2 Å². The van der Waals surface area contributed by atoms with E-state index in [1.807, 2.05) is 7.05 Å². The van der Waals surface area contributed by atoms with Crippen molar-refractivity contribution in [2.24, 2.45) is 0 Å². The molecule has 110 valence electrons. The fraction of sp³-hybridized carbons (Fsp3) is 0.333. The van der Waals surface area contributed by atoms with E-state index < -0.39 is 0 Å². The lowest BCUT2D eigenvalue weighted by molar-refractivity contribution is 0.283. The van der Waals surface area contributed by atoms with Crippen molar-refractivity contribution in [2.75, 3.05) is 13.7 Å². The van der Waals surface area contributed by atoms with Crippen LogP contribution in [-0.2, 0) is 6.42 Å². The summed E-state index contributed by atoms with van der Waals surface area (Å²) in [6.45, 7) is 2.97. The normalized spacial score (nSPS) is 15.2. The van der Waals surface area contributed by atoms with Gasteiger partial charge in [0.05, 0.1) is 12.6 Å². The summed E-state index contributed by atoms with van der Waals surface area (Å²) in [6.07, 6.45) is 2.22. The Balaban J connectivity index is 2.10. The smallest absolute Gasteiger partial charge is 0.127 e. The van der Waals surface area contributed by atoms with Crippen molar-refractivity contribution in [2.45, 2.75) is 25.8 Å². The molecular formula is C18H20BrNO. The van der Waals surface area contributed by atoms with Gasteiger partial charge in [0.15, 0.2) is 0 Å². The Morgan fingerprint density at radius 2 is 2.05 bits per heavy atom. The highest BCUT2D eigenvalue weighted by atomic mass is 79.9. The van der Waals surface area contributed by atoms with Crippen molar-refractivity contribution in [1.82, 2.24) is 5.32 Å². The topological polar surface area (TPSA) is 21.3 Å². The van der Waals surface area contributed by atoms with Crippen molar-refractivity contribution in [3.63, 3.8) is 0 Å². The second-order valence-corrected chi connectivity index (χ2v) is 6.43. The number of para-hydroxylation sites is 1. The van der Waals surface area contributed by atoms with Crippen LogP contribution in [0.4, 0.5) is 0 Å². The number of benzene rings is 2. The van der Waals surface area contributed by atoms with Gasteiger partial charge in [-0.3, -0.25) is 0 Å². The van der Waals surface area contributed by atoms with Crippen LogP contribution in [0.2, 0.25) is 0 Å². The van der Waals surface area contributed by atoms with Crippen LogP contribution < -0.4 is 10.1 Å².